The Hall–Kier alpha value is -2.90. The van der Waals surface area contributed by atoms with Crippen molar-refractivity contribution in [1.29, 1.82) is 0 Å². The molecule has 4 N–H and O–H groups in total. The summed E-state index contributed by atoms with van der Waals surface area (Å²) in [6.07, 6.45) is 0.298. The largest absolute Gasteiger partial charge is 0.497 e. The van der Waals surface area contributed by atoms with Crippen LogP contribution in [0.4, 0.5) is 4.79 Å². The van der Waals surface area contributed by atoms with E-state index >= 15 is 0 Å². The summed E-state index contributed by atoms with van der Waals surface area (Å²) in [5, 5.41) is 0.621. The fraction of sp³-hybridized carbons (Fsp3) is 0.263. The van der Waals surface area contributed by atoms with E-state index in [1.54, 1.807) is 7.11 Å². The van der Waals surface area contributed by atoms with E-state index in [-0.39, 0.29) is 6.54 Å². The maximum atomic E-state index is 12.6. The molecule has 0 radical (unpaired) electrons. The second-order valence-corrected chi connectivity index (χ2v) is 6.48. The zero-order valence-electron chi connectivity index (χ0n) is 14.6. The molecule has 136 valence electrons. The number of carbonyl (C=O) groups excluding carboxylic acids is 2. The summed E-state index contributed by atoms with van der Waals surface area (Å²) in [6, 6.07) is 16.2. The van der Waals surface area contributed by atoms with Crippen LogP contribution in [-0.2, 0) is 17.8 Å². The van der Waals surface area contributed by atoms with Crippen LogP contribution in [0.15, 0.2) is 54.6 Å². The number of nitrogens with zero attached hydrogens (tertiary/aromatic N) is 2. The number of hydrazine groups is 1. The monoisotopic (exact) mass is 354 g/mol. The lowest BCUT2D eigenvalue weighted by Gasteiger charge is -2.42. The van der Waals surface area contributed by atoms with Gasteiger partial charge in [0.25, 0.3) is 5.91 Å². The Morgan fingerprint density at radius 3 is 2.31 bits per heavy atom. The van der Waals surface area contributed by atoms with Crippen molar-refractivity contribution in [1.82, 2.24) is 9.91 Å². The molecule has 26 heavy (non-hydrogen) atoms. The van der Waals surface area contributed by atoms with Crippen molar-refractivity contribution in [2.75, 3.05) is 13.7 Å². The average Bonchev–Trinajstić information content (AvgIpc) is 2.66. The maximum Gasteiger partial charge on any atom is 0.341 e. The molecule has 1 saturated heterocycles. The van der Waals surface area contributed by atoms with E-state index in [1.165, 1.54) is 4.90 Å². The molecule has 2 aromatic carbocycles. The maximum absolute atomic E-state index is 12.6. The third kappa shape index (κ3) is 3.54. The zero-order valence-corrected chi connectivity index (χ0v) is 14.6. The van der Waals surface area contributed by atoms with Crippen LogP contribution in [0.25, 0.3) is 0 Å². The Bertz CT molecular complexity index is 794. The Balaban J connectivity index is 1.81. The molecule has 0 bridgehead atoms. The van der Waals surface area contributed by atoms with Crippen molar-refractivity contribution in [2.24, 2.45) is 11.6 Å². The second kappa shape index (κ2) is 7.15. The molecule has 1 atom stereocenters. The van der Waals surface area contributed by atoms with Gasteiger partial charge in [-0.25, -0.2) is 10.6 Å². The molecule has 3 rings (SSSR count). The van der Waals surface area contributed by atoms with E-state index in [0.29, 0.717) is 18.0 Å². The Labute approximate surface area is 152 Å². The van der Waals surface area contributed by atoms with Crippen LogP contribution in [0.3, 0.4) is 0 Å². The molecule has 0 spiro atoms. The summed E-state index contributed by atoms with van der Waals surface area (Å²) < 4.78 is 5.14. The first-order valence-corrected chi connectivity index (χ1v) is 8.27. The Morgan fingerprint density at radius 2 is 1.69 bits per heavy atom. The number of ether oxygens (including phenoxy) is 1. The number of carbonyl (C=O) groups is 2. The first kappa shape index (κ1) is 17.9. The first-order valence-electron chi connectivity index (χ1n) is 8.27. The van der Waals surface area contributed by atoms with Crippen LogP contribution in [0.2, 0.25) is 0 Å². The summed E-state index contributed by atoms with van der Waals surface area (Å²) in [4.78, 5) is 26.5. The number of hydrogen-bond acceptors (Lipinski definition) is 5. The minimum Gasteiger partial charge on any atom is -0.497 e. The molecule has 1 heterocycles. The minimum atomic E-state index is -1.27. The number of imide groups is 1. The van der Waals surface area contributed by atoms with Crippen molar-refractivity contribution in [3.63, 3.8) is 0 Å². The predicted molar refractivity (Wildman–Crippen MR) is 96.9 cm³/mol. The summed E-state index contributed by atoms with van der Waals surface area (Å²) >= 11 is 0. The summed E-state index contributed by atoms with van der Waals surface area (Å²) in [7, 11) is 1.59. The van der Waals surface area contributed by atoms with Gasteiger partial charge in [0.2, 0.25) is 0 Å². The van der Waals surface area contributed by atoms with Crippen molar-refractivity contribution in [3.8, 4) is 5.75 Å². The second-order valence-electron chi connectivity index (χ2n) is 6.48. The van der Waals surface area contributed by atoms with Crippen molar-refractivity contribution in [3.05, 3.63) is 65.7 Å². The highest BCUT2D eigenvalue weighted by Crippen LogP contribution is 2.23. The molecule has 1 fully saturated rings. The Kier molecular flexibility index (Phi) is 4.92. The summed E-state index contributed by atoms with van der Waals surface area (Å²) in [5.74, 6) is 5.89. The van der Waals surface area contributed by atoms with Crippen LogP contribution < -0.4 is 16.3 Å². The first-order chi connectivity index (χ1) is 12.4. The van der Waals surface area contributed by atoms with E-state index in [4.69, 9.17) is 16.3 Å². The van der Waals surface area contributed by atoms with E-state index in [2.05, 4.69) is 0 Å². The van der Waals surface area contributed by atoms with E-state index in [0.717, 1.165) is 16.9 Å². The predicted octanol–water partition coefficient (Wildman–Crippen LogP) is 1.27. The van der Waals surface area contributed by atoms with Gasteiger partial charge in [-0.05, 0) is 23.3 Å². The minimum absolute atomic E-state index is 0.0965. The van der Waals surface area contributed by atoms with Crippen LogP contribution in [-0.4, -0.2) is 41.0 Å². The van der Waals surface area contributed by atoms with Gasteiger partial charge in [-0.3, -0.25) is 4.79 Å². The molecule has 0 aromatic heterocycles. The molecular formula is C19H22N4O3. The smallest absolute Gasteiger partial charge is 0.341 e. The molecule has 1 unspecified atom stereocenters. The van der Waals surface area contributed by atoms with Gasteiger partial charge in [0.1, 0.15) is 11.3 Å². The SMILES string of the molecule is COc1ccc(CN2CC(N)(Cc3ccccc3)C(=O)N(N)C2=O)cc1. The van der Waals surface area contributed by atoms with E-state index < -0.39 is 17.5 Å². The zero-order chi connectivity index (χ0) is 18.7. The van der Waals surface area contributed by atoms with Gasteiger partial charge in [-0.1, -0.05) is 42.5 Å². The highest BCUT2D eigenvalue weighted by atomic mass is 16.5. The molecule has 7 nitrogen and oxygen atoms in total. The van der Waals surface area contributed by atoms with Gasteiger partial charge in [-0.2, -0.15) is 5.01 Å². The molecule has 2 aromatic rings. The number of benzene rings is 2. The number of methoxy groups -OCH3 is 1. The lowest BCUT2D eigenvalue weighted by Crippen LogP contribution is -2.71. The number of urea groups is 1. The van der Waals surface area contributed by atoms with Gasteiger partial charge in [0, 0.05) is 13.0 Å². The average molecular weight is 354 g/mol. The van der Waals surface area contributed by atoms with Gasteiger partial charge in [0.15, 0.2) is 0 Å². The summed E-state index contributed by atoms with van der Waals surface area (Å²) in [6.45, 7) is 0.400. The molecule has 0 saturated carbocycles. The third-order valence-corrected chi connectivity index (χ3v) is 4.49. The number of nitrogens with two attached hydrogens (primary N) is 2. The van der Waals surface area contributed by atoms with E-state index in [9.17, 15) is 9.59 Å². The Morgan fingerprint density at radius 1 is 1.04 bits per heavy atom. The number of amides is 3. The topological polar surface area (TPSA) is 102 Å². The van der Waals surface area contributed by atoms with Crippen LogP contribution in [0, 0.1) is 0 Å². The standard InChI is InChI=1S/C19H22N4O3/c1-26-16-9-7-15(8-10-16)12-22-13-19(20,17(24)23(21)18(22)25)11-14-5-3-2-4-6-14/h2-10H,11-13,20-21H2,1H3. The van der Waals surface area contributed by atoms with Gasteiger partial charge in [0.05, 0.1) is 13.7 Å². The number of rotatable bonds is 5. The molecule has 7 heteroatoms. The number of hydrogen-bond donors (Lipinski definition) is 2. The lowest BCUT2D eigenvalue weighted by molar-refractivity contribution is -0.138. The molecule has 3 amide bonds. The van der Waals surface area contributed by atoms with Crippen molar-refractivity contribution >= 4 is 11.9 Å². The van der Waals surface area contributed by atoms with Crippen LogP contribution >= 0.6 is 0 Å². The third-order valence-electron chi connectivity index (χ3n) is 4.49. The van der Waals surface area contributed by atoms with Gasteiger partial charge in [-0.15, -0.1) is 0 Å². The summed E-state index contributed by atoms with van der Waals surface area (Å²) in [5.41, 5.74) is 6.93. The quantitative estimate of drug-likeness (QED) is 0.622. The highest BCUT2D eigenvalue weighted by molar-refractivity contribution is 6.01. The lowest BCUT2D eigenvalue weighted by atomic mass is 9.88. The van der Waals surface area contributed by atoms with Crippen molar-refractivity contribution in [2.45, 2.75) is 18.5 Å². The normalized spacial score (nSPS) is 20.4. The molecular weight excluding hydrogens is 332 g/mol. The molecule has 1 aliphatic rings. The fourth-order valence-electron chi connectivity index (χ4n) is 3.12. The molecule has 0 aliphatic carbocycles. The van der Waals surface area contributed by atoms with Gasteiger partial charge < -0.3 is 15.4 Å². The van der Waals surface area contributed by atoms with Crippen LogP contribution in [0.5, 0.6) is 5.75 Å². The fourth-order valence-corrected chi connectivity index (χ4v) is 3.12. The highest BCUT2D eigenvalue weighted by Gasteiger charge is 2.47. The van der Waals surface area contributed by atoms with E-state index in [1.807, 2.05) is 54.6 Å². The van der Waals surface area contributed by atoms with Gasteiger partial charge >= 0.3 is 6.03 Å². The molecule has 1 aliphatic heterocycles. The van der Waals surface area contributed by atoms with Crippen molar-refractivity contribution < 1.29 is 14.3 Å². The van der Waals surface area contributed by atoms with Crippen LogP contribution in [0.1, 0.15) is 11.1 Å².